The molecule has 130 valence electrons. The summed E-state index contributed by atoms with van der Waals surface area (Å²) in [6.45, 7) is 5.77. The Morgan fingerprint density at radius 2 is 1.96 bits per heavy atom. The van der Waals surface area contributed by atoms with Gasteiger partial charge in [-0.15, -0.1) is 10.2 Å². The van der Waals surface area contributed by atoms with Crippen molar-refractivity contribution in [2.45, 2.75) is 39.7 Å². The second-order valence-electron chi connectivity index (χ2n) is 5.94. The van der Waals surface area contributed by atoms with Crippen molar-refractivity contribution in [2.75, 3.05) is 5.32 Å². The van der Waals surface area contributed by atoms with Gasteiger partial charge in [-0.05, 0) is 26.3 Å². The van der Waals surface area contributed by atoms with E-state index in [0.717, 1.165) is 17.8 Å². The summed E-state index contributed by atoms with van der Waals surface area (Å²) >= 11 is 1.35. The molecule has 0 aliphatic rings. The number of fused-ring (bicyclic) bond motifs is 1. The summed E-state index contributed by atoms with van der Waals surface area (Å²) in [5, 5.41) is 17.4. The van der Waals surface area contributed by atoms with E-state index in [1.54, 1.807) is 24.3 Å². The molecule has 0 saturated heterocycles. The van der Waals surface area contributed by atoms with Crippen LogP contribution >= 0.6 is 11.3 Å². The van der Waals surface area contributed by atoms with Crippen LogP contribution in [0.2, 0.25) is 0 Å². The number of amides is 1. The highest BCUT2D eigenvalue weighted by Crippen LogP contribution is 2.19. The van der Waals surface area contributed by atoms with E-state index in [9.17, 15) is 9.59 Å². The number of carbonyl (C=O) groups is 1. The van der Waals surface area contributed by atoms with Gasteiger partial charge in [0.15, 0.2) is 5.69 Å². The minimum absolute atomic E-state index is 0.152. The Balaban J connectivity index is 2.03. The molecule has 0 bridgehead atoms. The average molecular weight is 357 g/mol. The first-order valence-corrected chi connectivity index (χ1v) is 8.98. The van der Waals surface area contributed by atoms with Gasteiger partial charge in [0.1, 0.15) is 5.01 Å². The number of aryl methyl sites for hydroxylation is 1. The summed E-state index contributed by atoms with van der Waals surface area (Å²) in [5.41, 5.74) is -0.000520. The summed E-state index contributed by atoms with van der Waals surface area (Å²) < 4.78 is 1.33. The number of aromatic nitrogens is 4. The van der Waals surface area contributed by atoms with Gasteiger partial charge in [0.25, 0.3) is 11.5 Å². The summed E-state index contributed by atoms with van der Waals surface area (Å²) in [7, 11) is 0. The van der Waals surface area contributed by atoms with Crippen molar-refractivity contribution in [1.29, 1.82) is 0 Å². The lowest BCUT2D eigenvalue weighted by Crippen LogP contribution is -2.28. The molecule has 0 saturated carbocycles. The maximum Gasteiger partial charge on any atom is 0.278 e. The molecule has 8 heteroatoms. The molecule has 2 heterocycles. The van der Waals surface area contributed by atoms with E-state index in [2.05, 4.69) is 27.5 Å². The van der Waals surface area contributed by atoms with Gasteiger partial charge in [0.2, 0.25) is 5.13 Å². The Labute approximate surface area is 148 Å². The highest BCUT2D eigenvalue weighted by atomic mass is 32.1. The summed E-state index contributed by atoms with van der Waals surface area (Å²) in [5.74, 6) is -0.398. The molecule has 0 fully saturated rings. The third kappa shape index (κ3) is 3.43. The highest BCUT2D eigenvalue weighted by molar-refractivity contribution is 7.15. The predicted octanol–water partition coefficient (Wildman–Crippen LogP) is 3.03. The van der Waals surface area contributed by atoms with Gasteiger partial charge in [0.05, 0.1) is 11.4 Å². The Morgan fingerprint density at radius 3 is 2.64 bits per heavy atom. The minimum Gasteiger partial charge on any atom is -0.295 e. The summed E-state index contributed by atoms with van der Waals surface area (Å²) in [6.07, 6.45) is 1.79. The Bertz CT molecular complexity index is 977. The fourth-order valence-electron chi connectivity index (χ4n) is 2.50. The normalized spacial score (nSPS) is 11.2. The number of nitrogens with one attached hydrogen (secondary N) is 1. The first-order valence-electron chi connectivity index (χ1n) is 8.16. The molecule has 25 heavy (non-hydrogen) atoms. The molecule has 1 aromatic carbocycles. The average Bonchev–Trinajstić information content (AvgIpc) is 3.02. The van der Waals surface area contributed by atoms with Crippen LogP contribution in [0.1, 0.15) is 48.7 Å². The van der Waals surface area contributed by atoms with Crippen molar-refractivity contribution in [3.05, 3.63) is 45.3 Å². The molecule has 7 nitrogen and oxygen atoms in total. The molecular formula is C17H19N5O2S. The maximum atomic E-state index is 12.7. The standard InChI is InChI=1S/C17H19N5O2S/c1-4-7-13-19-20-17(25-13)18-15(23)14-11-8-5-6-9-12(11)16(24)22(21-14)10(2)3/h5-6,8-10H,4,7H2,1-3H3,(H,18,20,23). The lowest BCUT2D eigenvalue weighted by molar-refractivity contribution is 0.102. The van der Waals surface area contributed by atoms with E-state index in [4.69, 9.17) is 0 Å². The van der Waals surface area contributed by atoms with Gasteiger partial charge in [-0.3, -0.25) is 14.9 Å². The Hall–Kier alpha value is -2.61. The lowest BCUT2D eigenvalue weighted by Gasteiger charge is -2.12. The fourth-order valence-corrected chi connectivity index (χ4v) is 3.34. The van der Waals surface area contributed by atoms with Gasteiger partial charge < -0.3 is 0 Å². The van der Waals surface area contributed by atoms with Crippen molar-refractivity contribution in [2.24, 2.45) is 0 Å². The number of rotatable bonds is 5. The van der Waals surface area contributed by atoms with Gasteiger partial charge >= 0.3 is 0 Å². The predicted molar refractivity (Wildman–Crippen MR) is 98.2 cm³/mol. The highest BCUT2D eigenvalue weighted by Gasteiger charge is 2.19. The smallest absolute Gasteiger partial charge is 0.278 e. The number of nitrogens with zero attached hydrogens (tertiary/aromatic N) is 4. The van der Waals surface area contributed by atoms with Crippen LogP contribution in [0, 0.1) is 0 Å². The van der Waals surface area contributed by atoms with E-state index in [0.29, 0.717) is 15.9 Å². The van der Waals surface area contributed by atoms with E-state index in [-0.39, 0.29) is 17.3 Å². The van der Waals surface area contributed by atoms with Crippen LogP contribution < -0.4 is 10.9 Å². The number of hydrogen-bond acceptors (Lipinski definition) is 6. The monoisotopic (exact) mass is 357 g/mol. The lowest BCUT2D eigenvalue weighted by atomic mass is 10.1. The van der Waals surface area contributed by atoms with Gasteiger partial charge in [-0.25, -0.2) is 4.68 Å². The molecular weight excluding hydrogens is 338 g/mol. The van der Waals surface area contributed by atoms with Crippen LogP contribution in [0.3, 0.4) is 0 Å². The topological polar surface area (TPSA) is 89.8 Å². The number of hydrogen-bond donors (Lipinski definition) is 1. The van der Waals surface area contributed by atoms with Crippen molar-refractivity contribution >= 4 is 33.1 Å². The van der Waals surface area contributed by atoms with Crippen molar-refractivity contribution in [1.82, 2.24) is 20.0 Å². The Morgan fingerprint density at radius 1 is 1.24 bits per heavy atom. The maximum absolute atomic E-state index is 12.7. The van der Waals surface area contributed by atoms with Crippen LogP contribution in [-0.2, 0) is 6.42 Å². The third-order valence-corrected chi connectivity index (χ3v) is 4.58. The van der Waals surface area contributed by atoms with Gasteiger partial charge in [0, 0.05) is 11.8 Å². The largest absolute Gasteiger partial charge is 0.295 e. The molecule has 0 unspecified atom stereocenters. The number of carbonyl (C=O) groups excluding carboxylic acids is 1. The van der Waals surface area contributed by atoms with E-state index >= 15 is 0 Å². The van der Waals surface area contributed by atoms with Crippen molar-refractivity contribution < 1.29 is 4.79 Å². The molecule has 0 spiro atoms. The second-order valence-corrected chi connectivity index (χ2v) is 7.00. The van der Waals surface area contributed by atoms with Gasteiger partial charge in [-0.1, -0.05) is 36.5 Å². The van der Waals surface area contributed by atoms with Gasteiger partial charge in [-0.2, -0.15) is 5.10 Å². The molecule has 0 aliphatic heterocycles. The molecule has 3 aromatic rings. The SMILES string of the molecule is CCCc1nnc(NC(=O)c2nn(C(C)C)c(=O)c3ccccc23)s1. The first-order chi connectivity index (χ1) is 12.0. The fraction of sp³-hybridized carbons (Fsp3) is 0.353. The quantitative estimate of drug-likeness (QED) is 0.758. The Kier molecular flexibility index (Phi) is 4.89. The van der Waals surface area contributed by atoms with E-state index < -0.39 is 5.91 Å². The summed E-state index contributed by atoms with van der Waals surface area (Å²) in [4.78, 5) is 25.3. The second kappa shape index (κ2) is 7.10. The molecule has 0 atom stereocenters. The zero-order valence-corrected chi connectivity index (χ0v) is 15.1. The molecule has 1 N–H and O–H groups in total. The van der Waals surface area contributed by atoms with E-state index in [1.807, 2.05) is 13.8 Å². The molecule has 0 radical (unpaired) electrons. The molecule has 0 aliphatic carbocycles. The molecule has 2 aromatic heterocycles. The van der Waals surface area contributed by atoms with Crippen LogP contribution in [0.25, 0.3) is 10.8 Å². The van der Waals surface area contributed by atoms with Crippen molar-refractivity contribution in [3.8, 4) is 0 Å². The van der Waals surface area contributed by atoms with Crippen LogP contribution in [0.5, 0.6) is 0 Å². The molecule has 1 amide bonds. The molecule has 3 rings (SSSR count). The first kappa shape index (κ1) is 17.2. The number of benzene rings is 1. The van der Waals surface area contributed by atoms with E-state index in [1.165, 1.54) is 16.0 Å². The zero-order valence-electron chi connectivity index (χ0n) is 14.3. The number of anilines is 1. The van der Waals surface area contributed by atoms with Crippen LogP contribution in [0.15, 0.2) is 29.1 Å². The third-order valence-electron chi connectivity index (χ3n) is 3.68. The summed E-state index contributed by atoms with van der Waals surface area (Å²) in [6, 6.07) is 6.84. The van der Waals surface area contributed by atoms with Crippen LogP contribution in [-0.4, -0.2) is 25.9 Å². The minimum atomic E-state index is -0.398. The zero-order chi connectivity index (χ0) is 18.0. The van der Waals surface area contributed by atoms with Crippen LogP contribution in [0.4, 0.5) is 5.13 Å². The van der Waals surface area contributed by atoms with Crippen molar-refractivity contribution in [3.63, 3.8) is 0 Å².